The van der Waals surface area contributed by atoms with Gasteiger partial charge >= 0.3 is 0 Å². The van der Waals surface area contributed by atoms with Gasteiger partial charge in [-0.15, -0.1) is 0 Å². The lowest BCUT2D eigenvalue weighted by Gasteiger charge is -2.23. The van der Waals surface area contributed by atoms with E-state index in [9.17, 15) is 8.42 Å². The van der Waals surface area contributed by atoms with E-state index in [1.807, 2.05) is 0 Å². The van der Waals surface area contributed by atoms with Crippen molar-refractivity contribution in [1.82, 2.24) is 10.0 Å². The molecule has 1 rings (SSSR count). The SMILES string of the molecule is CC(C)CCOCCNS(=O)(=O)CC1CCCCN1. The zero-order chi connectivity index (χ0) is 14.1. The van der Waals surface area contributed by atoms with Crippen molar-refractivity contribution >= 4 is 10.0 Å². The van der Waals surface area contributed by atoms with Crippen molar-refractivity contribution in [2.75, 3.05) is 32.1 Å². The minimum absolute atomic E-state index is 0.105. The maximum atomic E-state index is 11.8. The number of nitrogens with one attached hydrogen (secondary N) is 2. The molecule has 1 fully saturated rings. The van der Waals surface area contributed by atoms with Crippen molar-refractivity contribution in [3.8, 4) is 0 Å². The van der Waals surface area contributed by atoms with Crippen LogP contribution in [0.25, 0.3) is 0 Å². The van der Waals surface area contributed by atoms with Gasteiger partial charge < -0.3 is 10.1 Å². The highest BCUT2D eigenvalue weighted by molar-refractivity contribution is 7.89. The van der Waals surface area contributed by atoms with E-state index >= 15 is 0 Å². The second kappa shape index (κ2) is 8.89. The predicted octanol–water partition coefficient (Wildman–Crippen LogP) is 1.11. The van der Waals surface area contributed by atoms with E-state index in [2.05, 4.69) is 23.9 Å². The van der Waals surface area contributed by atoms with Gasteiger partial charge in [0.25, 0.3) is 0 Å². The summed E-state index contributed by atoms with van der Waals surface area (Å²) in [4.78, 5) is 0. The van der Waals surface area contributed by atoms with Gasteiger partial charge in [0, 0.05) is 19.2 Å². The van der Waals surface area contributed by atoms with Crippen LogP contribution in [0.15, 0.2) is 0 Å². The molecule has 1 atom stereocenters. The Bertz CT molecular complexity index is 325. The lowest BCUT2D eigenvalue weighted by Crippen LogP contribution is -2.43. The van der Waals surface area contributed by atoms with Gasteiger partial charge in [-0.25, -0.2) is 13.1 Å². The van der Waals surface area contributed by atoms with Crippen LogP contribution in [-0.4, -0.2) is 46.5 Å². The van der Waals surface area contributed by atoms with Crippen molar-refractivity contribution < 1.29 is 13.2 Å². The van der Waals surface area contributed by atoms with E-state index in [1.54, 1.807) is 0 Å². The Balaban J connectivity index is 2.09. The molecule has 1 aliphatic heterocycles. The Hall–Kier alpha value is -0.170. The lowest BCUT2D eigenvalue weighted by atomic mass is 10.1. The molecule has 0 aromatic carbocycles. The largest absolute Gasteiger partial charge is 0.380 e. The number of sulfonamides is 1. The van der Waals surface area contributed by atoms with Crippen LogP contribution in [-0.2, 0) is 14.8 Å². The van der Waals surface area contributed by atoms with Crippen molar-refractivity contribution in [2.24, 2.45) is 5.92 Å². The van der Waals surface area contributed by atoms with Gasteiger partial charge in [-0.2, -0.15) is 0 Å². The Kier molecular flexibility index (Phi) is 7.90. The summed E-state index contributed by atoms with van der Waals surface area (Å²) in [5, 5.41) is 3.25. The van der Waals surface area contributed by atoms with Gasteiger partial charge in [-0.05, 0) is 31.7 Å². The maximum Gasteiger partial charge on any atom is 0.213 e. The monoisotopic (exact) mass is 292 g/mol. The summed E-state index contributed by atoms with van der Waals surface area (Å²) in [5.74, 6) is 0.799. The number of piperidine rings is 1. The molecule has 0 aromatic rings. The summed E-state index contributed by atoms with van der Waals surface area (Å²) in [6.07, 6.45) is 4.23. The third kappa shape index (κ3) is 8.57. The zero-order valence-corrected chi connectivity index (χ0v) is 13.0. The standard InChI is InChI=1S/C13H28N2O3S/c1-12(2)6-9-18-10-8-15-19(16,17)11-13-5-3-4-7-14-13/h12-15H,3-11H2,1-2H3. The summed E-state index contributed by atoms with van der Waals surface area (Å²) in [6.45, 7) is 6.73. The molecule has 0 bridgehead atoms. The molecule has 1 aliphatic rings. The number of hydrogen-bond acceptors (Lipinski definition) is 4. The molecule has 0 spiro atoms. The fourth-order valence-corrected chi connectivity index (χ4v) is 3.41. The maximum absolute atomic E-state index is 11.8. The molecule has 1 saturated heterocycles. The highest BCUT2D eigenvalue weighted by Gasteiger charge is 2.20. The van der Waals surface area contributed by atoms with Crippen LogP contribution >= 0.6 is 0 Å². The van der Waals surface area contributed by atoms with Crippen LogP contribution < -0.4 is 10.0 Å². The minimum Gasteiger partial charge on any atom is -0.380 e. The highest BCUT2D eigenvalue weighted by Crippen LogP contribution is 2.08. The van der Waals surface area contributed by atoms with E-state index in [4.69, 9.17) is 4.74 Å². The third-order valence-corrected chi connectivity index (χ3v) is 4.73. The van der Waals surface area contributed by atoms with Crippen LogP contribution in [0.1, 0.15) is 39.5 Å². The number of ether oxygens (including phenoxy) is 1. The van der Waals surface area contributed by atoms with Gasteiger partial charge in [-0.1, -0.05) is 20.3 Å². The summed E-state index contributed by atoms with van der Waals surface area (Å²) in [7, 11) is -3.18. The van der Waals surface area contributed by atoms with E-state index in [-0.39, 0.29) is 11.8 Å². The molecule has 0 aromatic heterocycles. The van der Waals surface area contributed by atoms with Gasteiger partial charge in [0.1, 0.15) is 0 Å². The molecule has 19 heavy (non-hydrogen) atoms. The molecule has 0 saturated carbocycles. The van der Waals surface area contributed by atoms with Crippen molar-refractivity contribution in [1.29, 1.82) is 0 Å². The first-order valence-corrected chi connectivity index (χ1v) is 8.93. The second-order valence-corrected chi connectivity index (χ2v) is 7.47. The molecule has 0 amide bonds. The molecule has 5 nitrogen and oxygen atoms in total. The highest BCUT2D eigenvalue weighted by atomic mass is 32.2. The van der Waals surface area contributed by atoms with Crippen LogP contribution in [0.5, 0.6) is 0 Å². The quantitative estimate of drug-likeness (QED) is 0.625. The van der Waals surface area contributed by atoms with Crippen LogP contribution in [0.4, 0.5) is 0 Å². The molecule has 0 radical (unpaired) electrons. The van der Waals surface area contributed by atoms with E-state index < -0.39 is 10.0 Å². The summed E-state index contributed by atoms with van der Waals surface area (Å²) < 4.78 is 31.7. The van der Waals surface area contributed by atoms with Gasteiger partial charge in [0.05, 0.1) is 12.4 Å². The molecule has 2 N–H and O–H groups in total. The Morgan fingerprint density at radius 2 is 2.11 bits per heavy atom. The number of hydrogen-bond donors (Lipinski definition) is 2. The first-order chi connectivity index (χ1) is 8.99. The van der Waals surface area contributed by atoms with Crippen LogP contribution in [0.3, 0.4) is 0 Å². The average molecular weight is 292 g/mol. The normalized spacial score (nSPS) is 20.9. The molecular formula is C13H28N2O3S. The van der Waals surface area contributed by atoms with Crippen LogP contribution in [0, 0.1) is 5.92 Å². The first-order valence-electron chi connectivity index (χ1n) is 7.28. The summed E-state index contributed by atoms with van der Waals surface area (Å²) >= 11 is 0. The Morgan fingerprint density at radius 3 is 2.74 bits per heavy atom. The first kappa shape index (κ1) is 16.9. The smallest absolute Gasteiger partial charge is 0.213 e. The predicted molar refractivity (Wildman–Crippen MR) is 77.7 cm³/mol. The lowest BCUT2D eigenvalue weighted by molar-refractivity contribution is 0.128. The Morgan fingerprint density at radius 1 is 1.32 bits per heavy atom. The second-order valence-electron chi connectivity index (χ2n) is 5.62. The van der Waals surface area contributed by atoms with E-state index in [1.165, 1.54) is 0 Å². The molecule has 6 heteroatoms. The molecule has 1 unspecified atom stereocenters. The van der Waals surface area contributed by atoms with Crippen molar-refractivity contribution in [3.63, 3.8) is 0 Å². The topological polar surface area (TPSA) is 67.4 Å². The Labute approximate surface area is 117 Å². The molecular weight excluding hydrogens is 264 g/mol. The molecule has 1 heterocycles. The minimum atomic E-state index is -3.18. The summed E-state index contributed by atoms with van der Waals surface area (Å²) in [5.41, 5.74) is 0. The van der Waals surface area contributed by atoms with Crippen LogP contribution in [0.2, 0.25) is 0 Å². The summed E-state index contributed by atoms with van der Waals surface area (Å²) in [6, 6.07) is 0.105. The molecule has 0 aliphatic carbocycles. The number of rotatable bonds is 9. The average Bonchev–Trinajstić information content (AvgIpc) is 2.34. The van der Waals surface area contributed by atoms with Crippen molar-refractivity contribution in [2.45, 2.75) is 45.6 Å². The van der Waals surface area contributed by atoms with E-state index in [0.29, 0.717) is 25.7 Å². The van der Waals surface area contributed by atoms with E-state index in [0.717, 1.165) is 32.2 Å². The molecule has 114 valence electrons. The zero-order valence-electron chi connectivity index (χ0n) is 12.2. The van der Waals surface area contributed by atoms with Gasteiger partial charge in [0.2, 0.25) is 10.0 Å². The van der Waals surface area contributed by atoms with Crippen molar-refractivity contribution in [3.05, 3.63) is 0 Å². The van der Waals surface area contributed by atoms with Gasteiger partial charge in [-0.3, -0.25) is 0 Å². The fraction of sp³-hybridized carbons (Fsp3) is 1.00. The van der Waals surface area contributed by atoms with Gasteiger partial charge in [0.15, 0.2) is 0 Å². The fourth-order valence-electron chi connectivity index (χ4n) is 2.08. The third-order valence-electron chi connectivity index (χ3n) is 3.24.